The maximum absolute atomic E-state index is 12.6. The van der Waals surface area contributed by atoms with Crippen LogP contribution in [0.5, 0.6) is 0 Å². The summed E-state index contributed by atoms with van der Waals surface area (Å²) in [6.07, 6.45) is 0. The minimum atomic E-state index is -3.61. The minimum Gasteiger partial charge on any atom is -0.383 e. The van der Waals surface area contributed by atoms with Crippen LogP contribution in [0.15, 0.2) is 29.2 Å². The summed E-state index contributed by atoms with van der Waals surface area (Å²) in [5, 5.41) is 0.366. The highest BCUT2D eigenvalue weighted by molar-refractivity contribution is 7.89. The highest BCUT2D eigenvalue weighted by Gasteiger charge is 2.31. The summed E-state index contributed by atoms with van der Waals surface area (Å²) in [4.78, 5) is 13.8. The Morgan fingerprint density at radius 3 is 2.50 bits per heavy atom. The fourth-order valence-electron chi connectivity index (χ4n) is 2.41. The molecule has 1 saturated heterocycles. The Kier molecular flexibility index (Phi) is 7.91. The summed E-state index contributed by atoms with van der Waals surface area (Å²) in [6.45, 7) is 1.19. The second-order valence-corrected chi connectivity index (χ2v) is 7.62. The van der Waals surface area contributed by atoms with Crippen molar-refractivity contribution >= 4 is 39.9 Å². The number of piperazine rings is 1. The first-order valence-corrected chi connectivity index (χ1v) is 8.97. The molecular weight excluding hydrogens is 377 g/mol. The summed E-state index contributed by atoms with van der Waals surface area (Å²) in [5.41, 5.74) is 5.72. The van der Waals surface area contributed by atoms with E-state index in [2.05, 4.69) is 0 Å². The molecule has 1 amide bonds. The van der Waals surface area contributed by atoms with E-state index in [1.54, 1.807) is 17.0 Å². The minimum absolute atomic E-state index is 0. The second-order valence-electron chi connectivity index (χ2n) is 5.25. The van der Waals surface area contributed by atoms with Gasteiger partial charge in [0.05, 0.1) is 11.5 Å². The van der Waals surface area contributed by atoms with Gasteiger partial charge in [-0.3, -0.25) is 4.79 Å². The highest BCUT2D eigenvalue weighted by atomic mass is 35.5. The van der Waals surface area contributed by atoms with Crippen LogP contribution in [-0.2, 0) is 19.6 Å². The predicted molar refractivity (Wildman–Crippen MR) is 93.9 cm³/mol. The number of benzene rings is 1. The van der Waals surface area contributed by atoms with Crippen LogP contribution in [0.4, 0.5) is 0 Å². The maximum Gasteiger partial charge on any atom is 0.243 e. The number of halogens is 2. The zero-order valence-corrected chi connectivity index (χ0v) is 15.6. The average Bonchev–Trinajstić information content (AvgIpc) is 2.54. The number of methoxy groups -OCH3 is 1. The number of nitrogens with zero attached hydrogens (tertiary/aromatic N) is 2. The quantitative estimate of drug-likeness (QED) is 0.783. The molecule has 2 N–H and O–H groups in total. The monoisotopic (exact) mass is 397 g/mol. The second kappa shape index (κ2) is 8.98. The number of hydrogen-bond acceptors (Lipinski definition) is 5. The zero-order chi connectivity index (χ0) is 17.0. The Balaban J connectivity index is 0.00000288. The van der Waals surface area contributed by atoms with Crippen LogP contribution >= 0.6 is 24.0 Å². The van der Waals surface area contributed by atoms with E-state index < -0.39 is 16.1 Å². The first kappa shape index (κ1) is 21.1. The number of amides is 1. The molecule has 1 aliphatic heterocycles. The molecule has 1 fully saturated rings. The summed E-state index contributed by atoms with van der Waals surface area (Å²) >= 11 is 5.86. The summed E-state index contributed by atoms with van der Waals surface area (Å²) in [6, 6.07) is 5.42. The average molecular weight is 398 g/mol. The van der Waals surface area contributed by atoms with Crippen LogP contribution in [0.2, 0.25) is 5.02 Å². The van der Waals surface area contributed by atoms with E-state index in [1.807, 2.05) is 0 Å². The lowest BCUT2D eigenvalue weighted by atomic mass is 10.2. The van der Waals surface area contributed by atoms with Crippen molar-refractivity contribution in [1.82, 2.24) is 9.21 Å². The van der Waals surface area contributed by atoms with E-state index in [0.29, 0.717) is 18.1 Å². The molecule has 1 aromatic rings. The number of rotatable bonds is 5. The number of ether oxygens (including phenoxy) is 1. The molecule has 1 atom stereocenters. The molecular formula is C14H21Cl2N3O4S. The smallest absolute Gasteiger partial charge is 0.243 e. The normalized spacial score (nSPS) is 17.2. The molecule has 24 heavy (non-hydrogen) atoms. The lowest BCUT2D eigenvalue weighted by Gasteiger charge is -2.35. The first-order valence-electron chi connectivity index (χ1n) is 7.15. The molecule has 0 spiro atoms. The van der Waals surface area contributed by atoms with Gasteiger partial charge in [-0.05, 0) is 18.2 Å². The Morgan fingerprint density at radius 2 is 1.96 bits per heavy atom. The van der Waals surface area contributed by atoms with E-state index >= 15 is 0 Å². The highest BCUT2D eigenvalue weighted by Crippen LogP contribution is 2.21. The zero-order valence-electron chi connectivity index (χ0n) is 13.2. The van der Waals surface area contributed by atoms with E-state index in [9.17, 15) is 13.2 Å². The van der Waals surface area contributed by atoms with Gasteiger partial charge in [-0.15, -0.1) is 12.4 Å². The van der Waals surface area contributed by atoms with Crippen LogP contribution < -0.4 is 5.73 Å². The Hall–Kier alpha value is -0.900. The summed E-state index contributed by atoms with van der Waals surface area (Å²) in [7, 11) is -2.13. The molecule has 1 unspecified atom stereocenters. The van der Waals surface area contributed by atoms with Crippen molar-refractivity contribution in [2.75, 3.05) is 39.9 Å². The van der Waals surface area contributed by atoms with Gasteiger partial charge in [-0.25, -0.2) is 8.42 Å². The van der Waals surface area contributed by atoms with Gasteiger partial charge in [0.15, 0.2) is 0 Å². The summed E-state index contributed by atoms with van der Waals surface area (Å²) < 4.78 is 31.4. The van der Waals surface area contributed by atoms with Crippen LogP contribution in [0, 0.1) is 0 Å². The SMILES string of the molecule is COCC(N)C(=O)N1CCN(S(=O)(=O)c2cccc(Cl)c2)CC1.Cl. The molecule has 7 nitrogen and oxygen atoms in total. The molecule has 136 valence electrons. The van der Waals surface area contributed by atoms with Gasteiger partial charge >= 0.3 is 0 Å². The van der Waals surface area contributed by atoms with Crippen molar-refractivity contribution in [2.24, 2.45) is 5.73 Å². The largest absolute Gasteiger partial charge is 0.383 e. The molecule has 0 saturated carbocycles. The molecule has 0 radical (unpaired) electrons. The standard InChI is InChI=1S/C14H20ClN3O4S.ClH/c1-22-10-13(16)14(19)17-5-7-18(8-6-17)23(20,21)12-4-2-3-11(15)9-12;/h2-4,9,13H,5-8,10,16H2,1H3;1H. The van der Waals surface area contributed by atoms with Gasteiger partial charge in [-0.1, -0.05) is 17.7 Å². The first-order chi connectivity index (χ1) is 10.9. The third-order valence-corrected chi connectivity index (χ3v) is 5.78. The van der Waals surface area contributed by atoms with Crippen molar-refractivity contribution in [2.45, 2.75) is 10.9 Å². The van der Waals surface area contributed by atoms with Gasteiger partial charge < -0.3 is 15.4 Å². The molecule has 10 heteroatoms. The Labute approximate surface area is 153 Å². The summed E-state index contributed by atoms with van der Waals surface area (Å²) in [5.74, 6) is -0.230. The van der Waals surface area contributed by atoms with Crippen LogP contribution in [0.1, 0.15) is 0 Å². The van der Waals surface area contributed by atoms with Gasteiger partial charge in [0, 0.05) is 38.3 Å². The van der Waals surface area contributed by atoms with Crippen molar-refractivity contribution in [3.05, 3.63) is 29.3 Å². The predicted octanol–water partition coefficient (Wildman–Crippen LogP) is 0.568. The van der Waals surface area contributed by atoms with E-state index in [4.69, 9.17) is 22.1 Å². The molecule has 0 bridgehead atoms. The van der Waals surface area contributed by atoms with Crippen molar-refractivity contribution in [3.8, 4) is 0 Å². The van der Waals surface area contributed by atoms with Gasteiger partial charge in [0.25, 0.3) is 0 Å². The Morgan fingerprint density at radius 1 is 1.33 bits per heavy atom. The van der Waals surface area contributed by atoms with Gasteiger partial charge in [-0.2, -0.15) is 4.31 Å². The third-order valence-electron chi connectivity index (χ3n) is 3.65. The lowest BCUT2D eigenvalue weighted by Crippen LogP contribution is -2.55. The van der Waals surface area contributed by atoms with Crippen molar-refractivity contribution < 1.29 is 17.9 Å². The van der Waals surface area contributed by atoms with Crippen molar-refractivity contribution in [3.63, 3.8) is 0 Å². The van der Waals surface area contributed by atoms with Crippen molar-refractivity contribution in [1.29, 1.82) is 0 Å². The fourth-order valence-corrected chi connectivity index (χ4v) is 4.13. The van der Waals surface area contributed by atoms with E-state index in [-0.39, 0.29) is 42.9 Å². The maximum atomic E-state index is 12.6. The molecule has 1 aromatic carbocycles. The fraction of sp³-hybridized carbons (Fsp3) is 0.500. The van der Waals surface area contributed by atoms with Crippen LogP contribution in [-0.4, -0.2) is 69.5 Å². The van der Waals surface area contributed by atoms with Gasteiger partial charge in [0.1, 0.15) is 6.04 Å². The molecule has 2 rings (SSSR count). The van der Waals surface area contributed by atoms with Crippen LogP contribution in [0.3, 0.4) is 0 Å². The number of hydrogen-bond donors (Lipinski definition) is 1. The van der Waals surface area contributed by atoms with Gasteiger partial charge in [0.2, 0.25) is 15.9 Å². The molecule has 1 aliphatic rings. The number of carbonyl (C=O) groups is 1. The molecule has 0 aliphatic carbocycles. The number of carbonyl (C=O) groups excluding carboxylic acids is 1. The Bertz CT molecular complexity index is 664. The molecule has 1 heterocycles. The third kappa shape index (κ3) is 4.81. The van der Waals surface area contributed by atoms with E-state index in [0.717, 1.165) is 0 Å². The number of nitrogens with two attached hydrogens (primary N) is 1. The number of sulfonamides is 1. The molecule has 0 aromatic heterocycles. The lowest BCUT2D eigenvalue weighted by molar-refractivity contribution is -0.134. The van der Waals surface area contributed by atoms with Crippen LogP contribution in [0.25, 0.3) is 0 Å². The topological polar surface area (TPSA) is 92.9 Å². The van der Waals surface area contributed by atoms with E-state index in [1.165, 1.54) is 23.5 Å².